The predicted molar refractivity (Wildman–Crippen MR) is 95.5 cm³/mol. The third-order valence-electron chi connectivity index (χ3n) is 4.54. The van der Waals surface area contributed by atoms with Gasteiger partial charge in [0.2, 0.25) is 5.91 Å². The molecule has 128 valence electrons. The molecule has 1 saturated carbocycles. The number of nitrogens with one attached hydrogen (secondary N) is 1. The van der Waals surface area contributed by atoms with Gasteiger partial charge in [0.25, 0.3) is 0 Å². The number of rotatable bonds is 5. The zero-order valence-electron chi connectivity index (χ0n) is 13.6. The van der Waals surface area contributed by atoms with Crippen LogP contribution in [0.25, 0.3) is 0 Å². The molecule has 2 aromatic carbocycles. The summed E-state index contributed by atoms with van der Waals surface area (Å²) in [6.07, 6.45) is 1.63. The molecule has 0 aliphatic heterocycles. The van der Waals surface area contributed by atoms with Gasteiger partial charge < -0.3 is 11.1 Å². The van der Waals surface area contributed by atoms with E-state index in [4.69, 9.17) is 5.73 Å². The molecular weight excluding hydrogens is 327 g/mol. The molecule has 3 nitrogen and oxygen atoms in total. The fourth-order valence-electron chi connectivity index (χ4n) is 2.83. The van der Waals surface area contributed by atoms with Crippen LogP contribution in [0.4, 0.5) is 4.39 Å². The lowest BCUT2D eigenvalue weighted by atomic mass is 9.95. The molecule has 1 aliphatic rings. The molecule has 0 radical (unpaired) electrons. The number of halogens is 2. The van der Waals surface area contributed by atoms with Gasteiger partial charge in [0, 0.05) is 12.6 Å². The molecule has 1 aliphatic carbocycles. The third kappa shape index (κ3) is 3.77. The second-order valence-corrected chi connectivity index (χ2v) is 6.30. The normalized spacial score (nSPS) is 16.0. The van der Waals surface area contributed by atoms with Crippen LogP contribution in [0.15, 0.2) is 48.5 Å². The molecule has 24 heavy (non-hydrogen) atoms. The minimum Gasteiger partial charge on any atom is -0.351 e. The van der Waals surface area contributed by atoms with E-state index in [2.05, 4.69) is 5.32 Å². The van der Waals surface area contributed by atoms with Crippen LogP contribution in [-0.4, -0.2) is 5.91 Å². The summed E-state index contributed by atoms with van der Waals surface area (Å²) in [6, 6.07) is 14.2. The van der Waals surface area contributed by atoms with E-state index >= 15 is 0 Å². The van der Waals surface area contributed by atoms with Crippen molar-refractivity contribution in [1.82, 2.24) is 5.32 Å². The van der Waals surface area contributed by atoms with Gasteiger partial charge in [0.1, 0.15) is 5.82 Å². The summed E-state index contributed by atoms with van der Waals surface area (Å²) in [4.78, 5) is 12.5. The molecule has 0 bridgehead atoms. The van der Waals surface area contributed by atoms with E-state index in [9.17, 15) is 9.18 Å². The van der Waals surface area contributed by atoms with Crippen LogP contribution >= 0.6 is 12.4 Å². The molecule has 0 spiro atoms. The second-order valence-electron chi connectivity index (χ2n) is 6.30. The predicted octanol–water partition coefficient (Wildman–Crippen LogP) is 3.62. The molecule has 2 aromatic rings. The SMILES string of the molecule is C[C@H](N)c1ccc(CNC(=O)C2(c3ccc(F)cc3)CC2)cc1.Cl. The number of carbonyl (C=O) groups excluding carboxylic acids is 1. The highest BCUT2D eigenvalue weighted by Crippen LogP contribution is 2.48. The van der Waals surface area contributed by atoms with Gasteiger partial charge in [0.05, 0.1) is 5.41 Å². The Morgan fingerprint density at radius 1 is 1.17 bits per heavy atom. The fraction of sp³-hybridized carbons (Fsp3) is 0.316. The van der Waals surface area contributed by atoms with Crippen LogP contribution in [0.5, 0.6) is 0 Å². The van der Waals surface area contributed by atoms with E-state index < -0.39 is 5.41 Å². The summed E-state index contributed by atoms with van der Waals surface area (Å²) in [6.45, 7) is 2.43. The molecule has 3 rings (SSSR count). The Labute approximate surface area is 147 Å². The lowest BCUT2D eigenvalue weighted by Crippen LogP contribution is -2.34. The van der Waals surface area contributed by atoms with Gasteiger partial charge in [-0.05, 0) is 48.6 Å². The van der Waals surface area contributed by atoms with Crippen molar-refractivity contribution in [1.29, 1.82) is 0 Å². The zero-order chi connectivity index (χ0) is 16.4. The lowest BCUT2D eigenvalue weighted by Gasteiger charge is -2.16. The van der Waals surface area contributed by atoms with Gasteiger partial charge in [-0.2, -0.15) is 0 Å². The summed E-state index contributed by atoms with van der Waals surface area (Å²) in [7, 11) is 0. The number of benzene rings is 2. The Bertz CT molecular complexity index is 694. The van der Waals surface area contributed by atoms with Crippen LogP contribution in [-0.2, 0) is 16.8 Å². The Kier molecular flexibility index (Phi) is 5.62. The van der Waals surface area contributed by atoms with Crippen LogP contribution in [0, 0.1) is 5.82 Å². The highest BCUT2D eigenvalue weighted by Gasteiger charge is 2.51. The van der Waals surface area contributed by atoms with Crippen molar-refractivity contribution in [2.75, 3.05) is 0 Å². The van der Waals surface area contributed by atoms with Crippen LogP contribution < -0.4 is 11.1 Å². The first-order valence-electron chi connectivity index (χ1n) is 7.90. The van der Waals surface area contributed by atoms with E-state index in [1.165, 1.54) is 12.1 Å². The van der Waals surface area contributed by atoms with Gasteiger partial charge in [0.15, 0.2) is 0 Å². The van der Waals surface area contributed by atoms with Gasteiger partial charge >= 0.3 is 0 Å². The topological polar surface area (TPSA) is 55.1 Å². The average Bonchev–Trinajstić information content (AvgIpc) is 3.35. The molecule has 5 heteroatoms. The maximum Gasteiger partial charge on any atom is 0.230 e. The standard InChI is InChI=1S/C19H21FN2O.ClH/c1-13(21)15-4-2-14(3-5-15)12-22-18(23)19(10-11-19)16-6-8-17(20)9-7-16;/h2-9,13H,10-12,21H2,1H3,(H,22,23);1H/t13-;/m0./s1. The maximum absolute atomic E-state index is 13.0. The van der Waals surface area contributed by atoms with E-state index in [0.29, 0.717) is 6.54 Å². The first-order valence-corrected chi connectivity index (χ1v) is 7.90. The molecule has 0 aromatic heterocycles. The van der Waals surface area contributed by atoms with E-state index in [-0.39, 0.29) is 30.2 Å². The summed E-state index contributed by atoms with van der Waals surface area (Å²) >= 11 is 0. The van der Waals surface area contributed by atoms with Gasteiger partial charge in [-0.15, -0.1) is 12.4 Å². The Morgan fingerprint density at radius 2 is 1.75 bits per heavy atom. The molecule has 3 N–H and O–H groups in total. The summed E-state index contributed by atoms with van der Waals surface area (Å²) in [5, 5.41) is 3.00. The van der Waals surface area contributed by atoms with Crippen LogP contribution in [0.3, 0.4) is 0 Å². The lowest BCUT2D eigenvalue weighted by molar-refractivity contribution is -0.123. The minimum absolute atomic E-state index is 0. The number of hydrogen-bond acceptors (Lipinski definition) is 2. The van der Waals surface area contributed by atoms with Gasteiger partial charge in [-0.25, -0.2) is 4.39 Å². The van der Waals surface area contributed by atoms with Gasteiger partial charge in [-0.1, -0.05) is 36.4 Å². The number of carbonyl (C=O) groups is 1. The molecular formula is C19H22ClFN2O. The zero-order valence-corrected chi connectivity index (χ0v) is 14.4. The minimum atomic E-state index is -0.473. The largest absolute Gasteiger partial charge is 0.351 e. The summed E-state index contributed by atoms with van der Waals surface area (Å²) in [5.41, 5.74) is 8.36. The van der Waals surface area contributed by atoms with E-state index in [1.54, 1.807) is 12.1 Å². The third-order valence-corrected chi connectivity index (χ3v) is 4.54. The number of amides is 1. The molecule has 1 atom stereocenters. The van der Waals surface area contributed by atoms with Gasteiger partial charge in [-0.3, -0.25) is 4.79 Å². The Balaban J connectivity index is 0.00000208. The van der Waals surface area contributed by atoms with Crippen LogP contribution in [0.2, 0.25) is 0 Å². The molecule has 0 unspecified atom stereocenters. The average molecular weight is 349 g/mol. The number of nitrogens with two attached hydrogens (primary N) is 1. The van der Waals surface area contributed by atoms with Crippen molar-refractivity contribution in [3.8, 4) is 0 Å². The monoisotopic (exact) mass is 348 g/mol. The molecule has 1 fully saturated rings. The maximum atomic E-state index is 13.0. The summed E-state index contributed by atoms with van der Waals surface area (Å²) < 4.78 is 13.0. The fourth-order valence-corrected chi connectivity index (χ4v) is 2.83. The quantitative estimate of drug-likeness (QED) is 0.867. The molecule has 0 heterocycles. The smallest absolute Gasteiger partial charge is 0.230 e. The first-order chi connectivity index (χ1) is 11.0. The second kappa shape index (κ2) is 7.32. The molecule has 0 saturated heterocycles. The van der Waals surface area contributed by atoms with Crippen molar-refractivity contribution in [3.63, 3.8) is 0 Å². The van der Waals surface area contributed by atoms with Crippen molar-refractivity contribution >= 4 is 18.3 Å². The molecule has 1 amide bonds. The number of hydrogen-bond donors (Lipinski definition) is 2. The van der Waals surface area contributed by atoms with Crippen molar-refractivity contribution in [3.05, 3.63) is 71.0 Å². The highest BCUT2D eigenvalue weighted by molar-refractivity contribution is 5.91. The highest BCUT2D eigenvalue weighted by atomic mass is 35.5. The van der Waals surface area contributed by atoms with Crippen molar-refractivity contribution in [2.24, 2.45) is 5.73 Å². The van der Waals surface area contributed by atoms with Crippen molar-refractivity contribution < 1.29 is 9.18 Å². The van der Waals surface area contributed by atoms with Crippen LogP contribution in [0.1, 0.15) is 42.5 Å². The first kappa shape index (κ1) is 18.4. The Morgan fingerprint density at radius 3 is 2.25 bits per heavy atom. The van der Waals surface area contributed by atoms with E-state index in [1.807, 2.05) is 31.2 Å². The van der Waals surface area contributed by atoms with E-state index in [0.717, 1.165) is 29.5 Å². The summed E-state index contributed by atoms with van der Waals surface area (Å²) in [5.74, 6) is -0.264. The van der Waals surface area contributed by atoms with Crippen molar-refractivity contribution in [2.45, 2.75) is 37.8 Å². The Hall–Kier alpha value is -1.91.